The van der Waals surface area contributed by atoms with E-state index in [1.54, 1.807) is 4.90 Å². The van der Waals surface area contributed by atoms with Crippen LogP contribution in [0.4, 0.5) is 0 Å². The lowest BCUT2D eigenvalue weighted by Crippen LogP contribution is -2.47. The van der Waals surface area contributed by atoms with Crippen molar-refractivity contribution >= 4 is 28.5 Å². The van der Waals surface area contributed by atoms with Gasteiger partial charge in [0.05, 0.1) is 23.6 Å². The number of aromatic nitrogens is 2. The van der Waals surface area contributed by atoms with Crippen LogP contribution in [0, 0.1) is 0 Å². The molecule has 3 rings (SSSR count). The minimum Gasteiger partial charge on any atom is -0.340 e. The van der Waals surface area contributed by atoms with Gasteiger partial charge < -0.3 is 9.88 Å². The Morgan fingerprint density at radius 3 is 3.09 bits per heavy atom. The van der Waals surface area contributed by atoms with E-state index >= 15 is 0 Å². The van der Waals surface area contributed by atoms with E-state index in [2.05, 4.69) is 14.9 Å². The standard InChI is InChI=1S/C16H21ClN4O/c1-20-8-4-3-5-14(20)16(22)21(2)10-15-18-12-7-6-11(17)9-13(12)19-15/h6-7,9,14H,3-5,8,10H2,1-2H3,(H,18,19)/t14-/m1/s1. The van der Waals surface area contributed by atoms with E-state index in [4.69, 9.17) is 11.6 Å². The minimum atomic E-state index is -0.00225. The molecule has 5 nitrogen and oxygen atoms in total. The van der Waals surface area contributed by atoms with E-state index in [-0.39, 0.29) is 11.9 Å². The maximum Gasteiger partial charge on any atom is 0.240 e. The highest BCUT2D eigenvalue weighted by molar-refractivity contribution is 6.31. The number of carbonyl (C=O) groups excluding carboxylic acids is 1. The number of rotatable bonds is 3. The summed E-state index contributed by atoms with van der Waals surface area (Å²) in [5.74, 6) is 0.951. The molecular weight excluding hydrogens is 300 g/mol. The van der Waals surface area contributed by atoms with Crippen molar-refractivity contribution in [3.8, 4) is 0 Å². The second-order valence-electron chi connectivity index (χ2n) is 6.03. The van der Waals surface area contributed by atoms with E-state index in [1.165, 1.54) is 6.42 Å². The zero-order chi connectivity index (χ0) is 15.7. The predicted molar refractivity (Wildman–Crippen MR) is 87.8 cm³/mol. The summed E-state index contributed by atoms with van der Waals surface area (Å²) in [7, 11) is 3.86. The number of amides is 1. The number of benzene rings is 1. The lowest BCUT2D eigenvalue weighted by Gasteiger charge is -2.33. The second-order valence-corrected chi connectivity index (χ2v) is 6.47. The molecule has 0 aliphatic carbocycles. The van der Waals surface area contributed by atoms with Crippen molar-refractivity contribution in [1.29, 1.82) is 0 Å². The number of fused-ring (bicyclic) bond motifs is 1. The number of hydrogen-bond acceptors (Lipinski definition) is 3. The summed E-state index contributed by atoms with van der Waals surface area (Å²) in [5.41, 5.74) is 1.77. The van der Waals surface area contributed by atoms with Gasteiger partial charge in [-0.05, 0) is 44.6 Å². The third kappa shape index (κ3) is 3.10. The minimum absolute atomic E-state index is 0.00225. The van der Waals surface area contributed by atoms with E-state index in [1.807, 2.05) is 32.3 Å². The molecule has 2 heterocycles. The molecule has 0 saturated carbocycles. The van der Waals surface area contributed by atoms with Crippen molar-refractivity contribution in [2.75, 3.05) is 20.6 Å². The molecule has 0 bridgehead atoms. The molecule has 2 aromatic rings. The summed E-state index contributed by atoms with van der Waals surface area (Å²) >= 11 is 5.98. The van der Waals surface area contributed by atoms with Crippen molar-refractivity contribution < 1.29 is 4.79 Å². The fourth-order valence-corrected chi connectivity index (χ4v) is 3.23. The molecular formula is C16H21ClN4O. The number of carbonyl (C=O) groups is 1. The van der Waals surface area contributed by atoms with Gasteiger partial charge in [0, 0.05) is 12.1 Å². The van der Waals surface area contributed by atoms with Crippen LogP contribution in [0.15, 0.2) is 18.2 Å². The molecule has 0 unspecified atom stereocenters. The predicted octanol–water partition coefficient (Wildman–Crippen LogP) is 2.66. The Kier molecular flexibility index (Phi) is 4.36. The van der Waals surface area contributed by atoms with E-state index in [0.29, 0.717) is 11.6 Å². The van der Waals surface area contributed by atoms with Gasteiger partial charge in [-0.3, -0.25) is 9.69 Å². The summed E-state index contributed by atoms with van der Waals surface area (Å²) in [4.78, 5) is 24.3. The number of nitrogens with zero attached hydrogens (tertiary/aromatic N) is 3. The molecule has 1 aromatic heterocycles. The number of likely N-dealkylation sites (N-methyl/N-ethyl adjacent to an activating group) is 2. The maximum atomic E-state index is 12.6. The summed E-state index contributed by atoms with van der Waals surface area (Å²) in [6.07, 6.45) is 3.24. The van der Waals surface area contributed by atoms with Crippen molar-refractivity contribution in [2.24, 2.45) is 0 Å². The Hall–Kier alpha value is -1.59. The molecule has 1 fully saturated rings. The molecule has 1 aromatic carbocycles. The summed E-state index contributed by atoms with van der Waals surface area (Å²) in [6.45, 7) is 1.48. The lowest BCUT2D eigenvalue weighted by molar-refractivity contribution is -0.136. The van der Waals surface area contributed by atoms with Crippen LogP contribution in [-0.2, 0) is 11.3 Å². The van der Waals surface area contributed by atoms with Gasteiger partial charge in [0.25, 0.3) is 0 Å². The molecule has 1 atom stereocenters. The monoisotopic (exact) mass is 320 g/mol. The fourth-order valence-electron chi connectivity index (χ4n) is 3.05. The molecule has 1 N–H and O–H groups in total. The van der Waals surface area contributed by atoms with E-state index < -0.39 is 0 Å². The number of H-pyrrole nitrogens is 1. The number of likely N-dealkylation sites (tertiary alicyclic amines) is 1. The largest absolute Gasteiger partial charge is 0.340 e. The summed E-state index contributed by atoms with van der Waals surface area (Å²) < 4.78 is 0. The van der Waals surface area contributed by atoms with Crippen LogP contribution in [0.3, 0.4) is 0 Å². The molecule has 118 valence electrons. The van der Waals surface area contributed by atoms with Crippen LogP contribution in [0.1, 0.15) is 25.1 Å². The zero-order valence-corrected chi connectivity index (χ0v) is 13.7. The molecule has 1 amide bonds. The van der Waals surface area contributed by atoms with Gasteiger partial charge >= 0.3 is 0 Å². The zero-order valence-electron chi connectivity index (χ0n) is 13.0. The number of aromatic amines is 1. The van der Waals surface area contributed by atoms with E-state index in [0.717, 1.165) is 36.2 Å². The Morgan fingerprint density at radius 2 is 2.32 bits per heavy atom. The number of nitrogens with one attached hydrogen (secondary N) is 1. The first-order chi connectivity index (χ1) is 10.5. The van der Waals surface area contributed by atoms with Gasteiger partial charge in [-0.1, -0.05) is 18.0 Å². The highest BCUT2D eigenvalue weighted by Gasteiger charge is 2.28. The second kappa shape index (κ2) is 6.26. The highest BCUT2D eigenvalue weighted by atomic mass is 35.5. The normalized spacial score (nSPS) is 19.5. The molecule has 1 aliphatic rings. The lowest BCUT2D eigenvalue weighted by atomic mass is 10.0. The SMILES string of the molecule is CN(Cc1nc2ccc(Cl)cc2[nH]1)C(=O)[C@H]1CCCCN1C. The summed E-state index contributed by atoms with van der Waals surface area (Å²) in [6, 6.07) is 5.55. The Morgan fingerprint density at radius 1 is 1.50 bits per heavy atom. The molecule has 0 radical (unpaired) electrons. The first-order valence-corrected chi connectivity index (χ1v) is 8.02. The highest BCUT2D eigenvalue weighted by Crippen LogP contribution is 2.19. The average molecular weight is 321 g/mol. The smallest absolute Gasteiger partial charge is 0.240 e. The van der Waals surface area contributed by atoms with Crippen LogP contribution >= 0.6 is 11.6 Å². The van der Waals surface area contributed by atoms with Gasteiger partial charge in [-0.15, -0.1) is 0 Å². The molecule has 0 spiro atoms. The molecule has 1 aliphatic heterocycles. The van der Waals surface area contributed by atoms with Crippen molar-refractivity contribution in [1.82, 2.24) is 19.8 Å². The number of halogens is 1. The Bertz CT molecular complexity index is 684. The third-order valence-corrected chi connectivity index (χ3v) is 4.55. The number of hydrogen-bond donors (Lipinski definition) is 1. The maximum absolute atomic E-state index is 12.6. The fraction of sp³-hybridized carbons (Fsp3) is 0.500. The quantitative estimate of drug-likeness (QED) is 0.946. The van der Waals surface area contributed by atoms with E-state index in [9.17, 15) is 4.79 Å². The van der Waals surface area contributed by atoms with Crippen LogP contribution in [-0.4, -0.2) is 52.4 Å². The van der Waals surface area contributed by atoms with Gasteiger partial charge in [-0.2, -0.15) is 0 Å². The molecule has 1 saturated heterocycles. The third-order valence-electron chi connectivity index (χ3n) is 4.31. The van der Waals surface area contributed by atoms with Crippen LogP contribution in [0.25, 0.3) is 11.0 Å². The van der Waals surface area contributed by atoms with Crippen LogP contribution in [0.2, 0.25) is 5.02 Å². The first-order valence-electron chi connectivity index (χ1n) is 7.64. The average Bonchev–Trinajstić information content (AvgIpc) is 2.88. The topological polar surface area (TPSA) is 52.2 Å². The molecule has 22 heavy (non-hydrogen) atoms. The van der Waals surface area contributed by atoms with Gasteiger partial charge in [0.2, 0.25) is 5.91 Å². The van der Waals surface area contributed by atoms with Gasteiger partial charge in [0.15, 0.2) is 0 Å². The Balaban J connectivity index is 1.71. The number of piperidine rings is 1. The first kappa shape index (κ1) is 15.3. The van der Waals surface area contributed by atoms with Crippen molar-refractivity contribution in [3.05, 3.63) is 29.0 Å². The van der Waals surface area contributed by atoms with Crippen molar-refractivity contribution in [2.45, 2.75) is 31.8 Å². The van der Waals surface area contributed by atoms with Crippen molar-refractivity contribution in [3.63, 3.8) is 0 Å². The summed E-state index contributed by atoms with van der Waals surface area (Å²) in [5, 5.41) is 0.677. The Labute approximate surface area is 135 Å². The van der Waals surface area contributed by atoms with Crippen LogP contribution < -0.4 is 0 Å². The van der Waals surface area contributed by atoms with Gasteiger partial charge in [-0.25, -0.2) is 4.98 Å². The number of imidazole rings is 1. The molecule has 6 heteroatoms. The van der Waals surface area contributed by atoms with Crippen LogP contribution in [0.5, 0.6) is 0 Å². The van der Waals surface area contributed by atoms with Gasteiger partial charge in [0.1, 0.15) is 5.82 Å².